The van der Waals surface area contributed by atoms with E-state index in [1.807, 2.05) is 26.0 Å². The van der Waals surface area contributed by atoms with Crippen LogP contribution in [0.4, 0.5) is 17.8 Å². The molecule has 1 saturated carbocycles. The van der Waals surface area contributed by atoms with Crippen molar-refractivity contribution in [3.63, 3.8) is 0 Å². The molecule has 1 aromatic heterocycles. The number of likely N-dealkylation sites (N-methyl/N-ethyl adjacent to an activating group) is 1. The van der Waals surface area contributed by atoms with Gasteiger partial charge in [-0.3, -0.25) is 5.43 Å². The lowest BCUT2D eigenvalue weighted by atomic mass is 9.92. The SMILES string of the molecule is CN(C)c1nc(NN)nc(N(C)C2CCCCC2O)n1. The molecule has 0 aliphatic heterocycles. The van der Waals surface area contributed by atoms with Gasteiger partial charge < -0.3 is 14.9 Å². The van der Waals surface area contributed by atoms with Crippen LogP contribution in [0.25, 0.3) is 0 Å². The quantitative estimate of drug-likeness (QED) is 0.522. The molecular weight excluding hydrogens is 258 g/mol. The molecule has 112 valence electrons. The summed E-state index contributed by atoms with van der Waals surface area (Å²) in [6.45, 7) is 0. The largest absolute Gasteiger partial charge is 0.391 e. The Morgan fingerprint density at radius 3 is 2.35 bits per heavy atom. The molecule has 0 radical (unpaired) electrons. The van der Waals surface area contributed by atoms with Gasteiger partial charge in [0, 0.05) is 21.1 Å². The molecule has 8 heteroatoms. The molecule has 1 aliphatic carbocycles. The second kappa shape index (κ2) is 6.19. The minimum absolute atomic E-state index is 0.0341. The van der Waals surface area contributed by atoms with E-state index in [9.17, 15) is 5.11 Å². The number of aromatic nitrogens is 3. The average Bonchev–Trinajstić information content (AvgIpc) is 2.46. The van der Waals surface area contributed by atoms with Crippen molar-refractivity contribution in [1.29, 1.82) is 0 Å². The minimum atomic E-state index is -0.345. The fraction of sp³-hybridized carbons (Fsp3) is 0.750. The van der Waals surface area contributed by atoms with Gasteiger partial charge in [-0.05, 0) is 12.8 Å². The van der Waals surface area contributed by atoms with Crippen LogP contribution in [0.1, 0.15) is 25.7 Å². The summed E-state index contributed by atoms with van der Waals surface area (Å²) >= 11 is 0. The smallest absolute Gasteiger partial charge is 0.243 e. The summed E-state index contributed by atoms with van der Waals surface area (Å²) in [5.41, 5.74) is 2.45. The van der Waals surface area contributed by atoms with Gasteiger partial charge in [-0.15, -0.1) is 0 Å². The van der Waals surface area contributed by atoms with E-state index in [4.69, 9.17) is 5.84 Å². The van der Waals surface area contributed by atoms with Gasteiger partial charge in [-0.2, -0.15) is 15.0 Å². The first-order valence-corrected chi connectivity index (χ1v) is 6.84. The summed E-state index contributed by atoms with van der Waals surface area (Å²) in [4.78, 5) is 16.6. The van der Waals surface area contributed by atoms with Gasteiger partial charge in [-0.25, -0.2) is 5.84 Å². The molecule has 0 spiro atoms. The normalized spacial score (nSPS) is 22.4. The maximum Gasteiger partial charge on any atom is 0.243 e. The third-order valence-electron chi connectivity index (χ3n) is 3.65. The predicted octanol–water partition coefficient (Wildman–Crippen LogP) is -0.0371. The van der Waals surface area contributed by atoms with Crippen LogP contribution in [-0.4, -0.2) is 53.3 Å². The van der Waals surface area contributed by atoms with Gasteiger partial charge in [-0.1, -0.05) is 12.8 Å². The molecule has 0 aromatic carbocycles. The number of rotatable bonds is 4. The van der Waals surface area contributed by atoms with Gasteiger partial charge in [0.1, 0.15) is 0 Å². The zero-order chi connectivity index (χ0) is 14.7. The van der Waals surface area contributed by atoms with Gasteiger partial charge in [0.2, 0.25) is 17.8 Å². The van der Waals surface area contributed by atoms with Crippen molar-refractivity contribution in [2.45, 2.75) is 37.8 Å². The standard InChI is InChI=1S/C12H23N7O/c1-18(2)11-14-10(17-13)15-12(16-11)19(3)8-6-4-5-7-9(8)20/h8-9,20H,4-7,13H2,1-3H3,(H,14,15,16,17). The number of aliphatic hydroxyl groups excluding tert-OH is 1. The Bertz CT molecular complexity index is 453. The van der Waals surface area contributed by atoms with Crippen LogP contribution in [0.3, 0.4) is 0 Å². The summed E-state index contributed by atoms with van der Waals surface area (Å²) in [5, 5.41) is 10.1. The van der Waals surface area contributed by atoms with Crippen LogP contribution in [0.2, 0.25) is 0 Å². The molecular formula is C12H23N7O. The van der Waals surface area contributed by atoms with Crippen molar-refractivity contribution >= 4 is 17.8 Å². The Labute approximate surface area is 119 Å². The van der Waals surface area contributed by atoms with Crippen LogP contribution in [0.5, 0.6) is 0 Å². The molecule has 20 heavy (non-hydrogen) atoms. The third kappa shape index (κ3) is 3.07. The molecule has 1 fully saturated rings. The molecule has 2 unspecified atom stereocenters. The lowest BCUT2D eigenvalue weighted by Crippen LogP contribution is -2.44. The molecule has 1 aromatic rings. The van der Waals surface area contributed by atoms with Crippen molar-refractivity contribution < 1.29 is 5.11 Å². The van der Waals surface area contributed by atoms with Crippen molar-refractivity contribution in [3.05, 3.63) is 0 Å². The van der Waals surface area contributed by atoms with Crippen molar-refractivity contribution in [2.75, 3.05) is 36.4 Å². The third-order valence-corrected chi connectivity index (χ3v) is 3.65. The summed E-state index contributed by atoms with van der Waals surface area (Å²) in [7, 11) is 5.61. The number of hydrazine groups is 1. The van der Waals surface area contributed by atoms with E-state index in [0.29, 0.717) is 17.8 Å². The number of nitrogen functional groups attached to an aromatic ring is 1. The van der Waals surface area contributed by atoms with Gasteiger partial charge in [0.25, 0.3) is 0 Å². The minimum Gasteiger partial charge on any atom is -0.391 e. The van der Waals surface area contributed by atoms with E-state index in [0.717, 1.165) is 25.7 Å². The second-order valence-corrected chi connectivity index (χ2v) is 5.33. The van der Waals surface area contributed by atoms with Gasteiger partial charge in [0.15, 0.2) is 0 Å². The number of aliphatic hydroxyl groups is 1. The van der Waals surface area contributed by atoms with Crippen LogP contribution in [-0.2, 0) is 0 Å². The number of nitrogens with two attached hydrogens (primary N) is 1. The van der Waals surface area contributed by atoms with Gasteiger partial charge >= 0.3 is 0 Å². The number of nitrogens with zero attached hydrogens (tertiary/aromatic N) is 5. The highest BCUT2D eigenvalue weighted by molar-refractivity contribution is 5.44. The average molecular weight is 281 g/mol. The van der Waals surface area contributed by atoms with Crippen LogP contribution in [0, 0.1) is 0 Å². The first kappa shape index (κ1) is 14.7. The molecule has 2 rings (SSSR count). The molecule has 1 heterocycles. The first-order valence-electron chi connectivity index (χ1n) is 6.84. The van der Waals surface area contributed by atoms with E-state index in [1.54, 1.807) is 4.90 Å². The summed E-state index contributed by atoms with van der Waals surface area (Å²) in [6.07, 6.45) is 3.60. The number of anilines is 3. The van der Waals surface area contributed by atoms with E-state index >= 15 is 0 Å². The van der Waals surface area contributed by atoms with Crippen molar-refractivity contribution in [2.24, 2.45) is 5.84 Å². The Kier molecular flexibility index (Phi) is 4.56. The second-order valence-electron chi connectivity index (χ2n) is 5.33. The van der Waals surface area contributed by atoms with Crippen molar-refractivity contribution in [3.8, 4) is 0 Å². The molecule has 0 amide bonds. The molecule has 8 nitrogen and oxygen atoms in total. The molecule has 4 N–H and O–H groups in total. The topological polar surface area (TPSA) is 103 Å². The zero-order valence-corrected chi connectivity index (χ0v) is 12.2. The molecule has 0 saturated heterocycles. The number of hydrogen-bond donors (Lipinski definition) is 3. The highest BCUT2D eigenvalue weighted by Gasteiger charge is 2.28. The van der Waals surface area contributed by atoms with Crippen molar-refractivity contribution in [1.82, 2.24) is 15.0 Å². The molecule has 0 bridgehead atoms. The van der Waals surface area contributed by atoms with Crippen LogP contribution >= 0.6 is 0 Å². The number of nitrogens with one attached hydrogen (secondary N) is 1. The van der Waals surface area contributed by atoms with E-state index in [1.165, 1.54) is 0 Å². The van der Waals surface area contributed by atoms with E-state index < -0.39 is 0 Å². The summed E-state index contributed by atoms with van der Waals surface area (Å²) in [5.74, 6) is 6.76. The van der Waals surface area contributed by atoms with E-state index in [-0.39, 0.29) is 12.1 Å². The fourth-order valence-electron chi connectivity index (χ4n) is 2.47. The molecule has 2 atom stereocenters. The summed E-state index contributed by atoms with van der Waals surface area (Å²) in [6, 6.07) is 0.0341. The highest BCUT2D eigenvalue weighted by atomic mass is 16.3. The zero-order valence-electron chi connectivity index (χ0n) is 12.2. The monoisotopic (exact) mass is 281 g/mol. The van der Waals surface area contributed by atoms with Crippen LogP contribution in [0.15, 0.2) is 0 Å². The maximum absolute atomic E-state index is 10.1. The Morgan fingerprint density at radius 1 is 1.10 bits per heavy atom. The van der Waals surface area contributed by atoms with Crippen LogP contribution < -0.4 is 21.1 Å². The first-order chi connectivity index (χ1) is 9.52. The lowest BCUT2D eigenvalue weighted by Gasteiger charge is -2.35. The predicted molar refractivity (Wildman–Crippen MR) is 78.6 cm³/mol. The highest BCUT2D eigenvalue weighted by Crippen LogP contribution is 2.25. The lowest BCUT2D eigenvalue weighted by molar-refractivity contribution is 0.105. The Balaban J connectivity index is 2.28. The fourth-order valence-corrected chi connectivity index (χ4v) is 2.47. The summed E-state index contributed by atoms with van der Waals surface area (Å²) < 4.78 is 0. The Morgan fingerprint density at radius 2 is 1.75 bits per heavy atom. The molecule has 1 aliphatic rings. The van der Waals surface area contributed by atoms with E-state index in [2.05, 4.69) is 20.4 Å². The Hall–Kier alpha value is -1.67. The number of hydrogen-bond acceptors (Lipinski definition) is 8. The maximum atomic E-state index is 10.1. The van der Waals surface area contributed by atoms with Gasteiger partial charge in [0.05, 0.1) is 12.1 Å².